The highest BCUT2D eigenvalue weighted by Gasteiger charge is 2.34. The third kappa shape index (κ3) is 3.04. The zero-order chi connectivity index (χ0) is 12.1. The number of methoxy groups -OCH3 is 1. The molecule has 17 heavy (non-hydrogen) atoms. The van der Waals surface area contributed by atoms with E-state index in [2.05, 4.69) is 22.4 Å². The topological polar surface area (TPSA) is 60.2 Å². The Bertz CT molecular complexity index is 345. The first kappa shape index (κ1) is 12.5. The van der Waals surface area contributed by atoms with E-state index >= 15 is 0 Å². The molecular weight excluding hydrogens is 218 g/mol. The van der Waals surface area contributed by atoms with Gasteiger partial charge in [0.15, 0.2) is 5.82 Å². The maximum atomic E-state index is 5.41. The molecule has 0 spiro atoms. The van der Waals surface area contributed by atoms with Crippen molar-refractivity contribution in [2.75, 3.05) is 26.8 Å². The van der Waals surface area contributed by atoms with Crippen LogP contribution in [0.5, 0.6) is 0 Å². The predicted molar refractivity (Wildman–Crippen MR) is 64.0 cm³/mol. The summed E-state index contributed by atoms with van der Waals surface area (Å²) in [6, 6.07) is 0. The van der Waals surface area contributed by atoms with Crippen molar-refractivity contribution < 1.29 is 9.26 Å². The van der Waals surface area contributed by atoms with Gasteiger partial charge >= 0.3 is 0 Å². The van der Waals surface area contributed by atoms with Crippen molar-refractivity contribution in [2.24, 2.45) is 0 Å². The highest BCUT2D eigenvalue weighted by molar-refractivity contribution is 5.05. The lowest BCUT2D eigenvalue weighted by Gasteiger charge is -2.30. The molecule has 0 radical (unpaired) electrons. The van der Waals surface area contributed by atoms with E-state index in [4.69, 9.17) is 9.26 Å². The number of ether oxygens (including phenoxy) is 1. The van der Waals surface area contributed by atoms with Gasteiger partial charge in [-0.15, -0.1) is 0 Å². The van der Waals surface area contributed by atoms with Crippen LogP contribution < -0.4 is 5.32 Å². The van der Waals surface area contributed by atoms with Crippen molar-refractivity contribution >= 4 is 0 Å². The number of hydrogen-bond acceptors (Lipinski definition) is 5. The second-order valence-corrected chi connectivity index (χ2v) is 4.92. The summed E-state index contributed by atoms with van der Waals surface area (Å²) in [6.07, 6.45) is 3.89. The Hall–Kier alpha value is -0.940. The molecule has 0 unspecified atom stereocenters. The summed E-state index contributed by atoms with van der Waals surface area (Å²) in [4.78, 5) is 4.52. The van der Waals surface area contributed by atoms with Gasteiger partial charge in [0.25, 0.3) is 0 Å². The minimum absolute atomic E-state index is 0.0533. The van der Waals surface area contributed by atoms with Crippen molar-refractivity contribution in [3.05, 3.63) is 11.7 Å². The van der Waals surface area contributed by atoms with E-state index in [0.29, 0.717) is 0 Å². The fraction of sp³-hybridized carbons (Fsp3) is 0.833. The molecule has 5 nitrogen and oxygen atoms in total. The van der Waals surface area contributed by atoms with Crippen LogP contribution in [0.4, 0.5) is 0 Å². The first-order chi connectivity index (χ1) is 8.24. The minimum Gasteiger partial charge on any atom is -0.385 e. The molecule has 2 rings (SSSR count). The summed E-state index contributed by atoms with van der Waals surface area (Å²) in [5, 5.41) is 7.40. The normalized spacial score (nSPS) is 19.4. The molecular formula is C12H21N3O2. The zero-order valence-electron chi connectivity index (χ0n) is 10.7. The van der Waals surface area contributed by atoms with Crippen LogP contribution in [0.3, 0.4) is 0 Å². The van der Waals surface area contributed by atoms with E-state index < -0.39 is 0 Å². The predicted octanol–water partition coefficient (Wildman–Crippen LogP) is 1.29. The Labute approximate surface area is 102 Å². The van der Waals surface area contributed by atoms with E-state index in [1.165, 1.54) is 0 Å². The van der Waals surface area contributed by atoms with Gasteiger partial charge < -0.3 is 14.6 Å². The number of rotatable bonds is 5. The van der Waals surface area contributed by atoms with Gasteiger partial charge in [0.2, 0.25) is 5.89 Å². The Kier molecular flexibility index (Phi) is 4.12. The summed E-state index contributed by atoms with van der Waals surface area (Å²) >= 11 is 0. The summed E-state index contributed by atoms with van der Waals surface area (Å²) < 4.78 is 10.4. The fourth-order valence-corrected chi connectivity index (χ4v) is 2.17. The Balaban J connectivity index is 1.96. The SMILES string of the molecule is COCCCc1noc(C2(C)CCNCC2)n1. The lowest BCUT2D eigenvalue weighted by atomic mass is 9.81. The van der Waals surface area contributed by atoms with E-state index in [9.17, 15) is 0 Å². The maximum Gasteiger partial charge on any atom is 0.232 e. The largest absolute Gasteiger partial charge is 0.385 e. The smallest absolute Gasteiger partial charge is 0.232 e. The number of aryl methyl sites for hydroxylation is 1. The molecule has 0 atom stereocenters. The molecule has 5 heteroatoms. The van der Waals surface area contributed by atoms with Gasteiger partial charge in [-0.1, -0.05) is 12.1 Å². The molecule has 0 bridgehead atoms. The molecule has 1 saturated heterocycles. The van der Waals surface area contributed by atoms with Crippen LogP contribution in [0.15, 0.2) is 4.52 Å². The van der Waals surface area contributed by atoms with Gasteiger partial charge in [-0.3, -0.25) is 0 Å². The molecule has 1 N–H and O–H groups in total. The molecule has 0 aliphatic carbocycles. The maximum absolute atomic E-state index is 5.41. The molecule has 0 saturated carbocycles. The Morgan fingerprint density at radius 1 is 1.41 bits per heavy atom. The number of piperidine rings is 1. The summed E-state index contributed by atoms with van der Waals surface area (Å²) in [6.45, 7) is 5.00. The average molecular weight is 239 g/mol. The van der Waals surface area contributed by atoms with Crippen LogP contribution in [0.2, 0.25) is 0 Å². The monoisotopic (exact) mass is 239 g/mol. The van der Waals surface area contributed by atoms with Crippen LogP contribution in [0, 0.1) is 0 Å². The van der Waals surface area contributed by atoms with Crippen molar-refractivity contribution in [2.45, 2.75) is 38.0 Å². The van der Waals surface area contributed by atoms with Crippen LogP contribution in [0.1, 0.15) is 37.9 Å². The second-order valence-electron chi connectivity index (χ2n) is 4.92. The van der Waals surface area contributed by atoms with Gasteiger partial charge in [0.1, 0.15) is 0 Å². The summed E-state index contributed by atoms with van der Waals surface area (Å²) in [5.41, 5.74) is 0.0533. The number of aromatic nitrogens is 2. The number of nitrogens with one attached hydrogen (secondary N) is 1. The van der Waals surface area contributed by atoms with Gasteiger partial charge in [-0.2, -0.15) is 4.98 Å². The summed E-state index contributed by atoms with van der Waals surface area (Å²) in [5.74, 6) is 1.60. The van der Waals surface area contributed by atoms with E-state index in [-0.39, 0.29) is 5.41 Å². The quantitative estimate of drug-likeness (QED) is 0.785. The van der Waals surface area contributed by atoms with Gasteiger partial charge in [-0.05, 0) is 32.4 Å². The average Bonchev–Trinajstić information content (AvgIpc) is 2.80. The van der Waals surface area contributed by atoms with Crippen molar-refractivity contribution in [1.82, 2.24) is 15.5 Å². The van der Waals surface area contributed by atoms with Crippen LogP contribution in [-0.2, 0) is 16.6 Å². The molecule has 1 fully saturated rings. The molecule has 0 amide bonds. The zero-order valence-corrected chi connectivity index (χ0v) is 10.7. The van der Waals surface area contributed by atoms with Gasteiger partial charge in [0.05, 0.1) is 0 Å². The molecule has 1 aliphatic heterocycles. The van der Waals surface area contributed by atoms with Crippen molar-refractivity contribution in [3.8, 4) is 0 Å². The number of hydrogen-bond donors (Lipinski definition) is 1. The van der Waals surface area contributed by atoms with E-state index in [0.717, 1.165) is 57.1 Å². The molecule has 96 valence electrons. The molecule has 1 aromatic rings. The van der Waals surface area contributed by atoms with E-state index in [1.54, 1.807) is 7.11 Å². The lowest BCUT2D eigenvalue weighted by Crippen LogP contribution is -2.37. The van der Waals surface area contributed by atoms with Gasteiger partial charge in [-0.25, -0.2) is 0 Å². The van der Waals surface area contributed by atoms with Crippen molar-refractivity contribution in [3.63, 3.8) is 0 Å². The minimum atomic E-state index is 0.0533. The molecule has 1 aliphatic rings. The Morgan fingerprint density at radius 2 is 2.18 bits per heavy atom. The van der Waals surface area contributed by atoms with Crippen LogP contribution in [0.25, 0.3) is 0 Å². The highest BCUT2D eigenvalue weighted by atomic mass is 16.5. The Morgan fingerprint density at radius 3 is 2.88 bits per heavy atom. The number of nitrogens with zero attached hydrogens (tertiary/aromatic N) is 2. The van der Waals surface area contributed by atoms with Crippen molar-refractivity contribution in [1.29, 1.82) is 0 Å². The van der Waals surface area contributed by atoms with E-state index in [1.807, 2.05) is 0 Å². The first-order valence-corrected chi connectivity index (χ1v) is 6.27. The van der Waals surface area contributed by atoms with Gasteiger partial charge in [0, 0.05) is 25.6 Å². The van der Waals surface area contributed by atoms with Crippen LogP contribution in [-0.4, -0.2) is 36.9 Å². The third-order valence-electron chi connectivity index (χ3n) is 3.44. The third-order valence-corrected chi connectivity index (χ3v) is 3.44. The fourth-order valence-electron chi connectivity index (χ4n) is 2.17. The molecule has 2 heterocycles. The van der Waals surface area contributed by atoms with Crippen LogP contribution >= 0.6 is 0 Å². The molecule has 0 aromatic carbocycles. The second kappa shape index (κ2) is 5.60. The first-order valence-electron chi connectivity index (χ1n) is 6.27. The summed E-state index contributed by atoms with van der Waals surface area (Å²) in [7, 11) is 1.71. The lowest BCUT2D eigenvalue weighted by molar-refractivity contribution is 0.194. The molecule has 1 aromatic heterocycles. The highest BCUT2D eigenvalue weighted by Crippen LogP contribution is 2.31. The standard InChI is InChI=1S/C12H21N3O2/c1-12(5-7-13-8-6-12)11-14-10(15-17-11)4-3-9-16-2/h13H,3-9H2,1-2H3.